The summed E-state index contributed by atoms with van der Waals surface area (Å²) in [6, 6.07) is 8.09. The minimum absolute atomic E-state index is 0. The van der Waals surface area contributed by atoms with Crippen LogP contribution < -0.4 is 0 Å². The number of hydrogen-bond donors (Lipinski definition) is 1. The molecular weight excluding hydrogens is 298 g/mol. The molecule has 0 fully saturated rings. The summed E-state index contributed by atoms with van der Waals surface area (Å²) in [5.74, 6) is 0.316. The number of nitrogens with one attached hydrogen (secondary N) is 1. The minimum atomic E-state index is 0. The van der Waals surface area contributed by atoms with Crippen LogP contribution in [0.3, 0.4) is 0 Å². The predicted molar refractivity (Wildman–Crippen MR) is 88.6 cm³/mol. The topological polar surface area (TPSA) is 50.7 Å². The van der Waals surface area contributed by atoms with Crippen LogP contribution in [0.15, 0.2) is 36.8 Å². The normalized spacial score (nSPS) is 17.0. The molecule has 3 aromatic rings. The fraction of sp³-hybridized carbons (Fsp3) is 0.294. The number of para-hydroxylation sites is 1. The van der Waals surface area contributed by atoms with E-state index >= 15 is 0 Å². The van der Waals surface area contributed by atoms with Crippen LogP contribution >= 0.6 is 12.4 Å². The second kappa shape index (κ2) is 5.61. The Morgan fingerprint density at radius 1 is 1.36 bits per heavy atom. The van der Waals surface area contributed by atoms with Gasteiger partial charge in [0.25, 0.3) is 0 Å². The summed E-state index contributed by atoms with van der Waals surface area (Å²) >= 11 is 0. The van der Waals surface area contributed by atoms with Gasteiger partial charge in [-0.1, -0.05) is 18.2 Å². The number of carbonyl (C=O) groups is 1. The highest BCUT2D eigenvalue weighted by Crippen LogP contribution is 2.29. The molecule has 114 valence electrons. The monoisotopic (exact) mass is 315 g/mol. The number of aromatic nitrogens is 3. The van der Waals surface area contributed by atoms with Crippen molar-refractivity contribution in [3.05, 3.63) is 53.7 Å². The molecule has 0 aliphatic heterocycles. The Morgan fingerprint density at radius 2 is 2.18 bits per heavy atom. The van der Waals surface area contributed by atoms with Gasteiger partial charge in [0.2, 0.25) is 0 Å². The van der Waals surface area contributed by atoms with Gasteiger partial charge >= 0.3 is 0 Å². The average molecular weight is 316 g/mol. The van der Waals surface area contributed by atoms with Crippen molar-refractivity contribution >= 4 is 29.1 Å². The lowest BCUT2D eigenvalue weighted by Gasteiger charge is -2.19. The molecule has 1 aromatic carbocycles. The highest BCUT2D eigenvalue weighted by atomic mass is 35.5. The fourth-order valence-electron chi connectivity index (χ4n) is 3.38. The molecule has 0 spiro atoms. The Kier molecular flexibility index (Phi) is 3.79. The van der Waals surface area contributed by atoms with E-state index in [2.05, 4.69) is 16.0 Å². The fourth-order valence-corrected chi connectivity index (χ4v) is 3.38. The number of nitrogens with zero attached hydrogens (tertiary/aromatic N) is 2. The van der Waals surface area contributed by atoms with Gasteiger partial charge in [-0.3, -0.25) is 4.79 Å². The average Bonchev–Trinajstić information content (AvgIpc) is 3.11. The number of fused-ring (bicyclic) bond motifs is 2. The Bertz CT molecular complexity index is 833. The number of rotatable bonds is 2. The van der Waals surface area contributed by atoms with Crippen molar-refractivity contribution in [2.75, 3.05) is 0 Å². The first-order valence-corrected chi connectivity index (χ1v) is 7.33. The third-order valence-corrected chi connectivity index (χ3v) is 4.52. The van der Waals surface area contributed by atoms with E-state index in [-0.39, 0.29) is 24.1 Å². The van der Waals surface area contributed by atoms with Crippen molar-refractivity contribution in [1.82, 2.24) is 14.5 Å². The van der Waals surface area contributed by atoms with Crippen molar-refractivity contribution in [2.24, 2.45) is 13.0 Å². The molecule has 22 heavy (non-hydrogen) atoms. The molecule has 0 saturated heterocycles. The van der Waals surface area contributed by atoms with E-state index in [0.717, 1.165) is 47.1 Å². The maximum absolute atomic E-state index is 12.9. The zero-order valence-corrected chi connectivity index (χ0v) is 13.2. The molecule has 2 aromatic heterocycles. The quantitative estimate of drug-likeness (QED) is 0.738. The lowest BCUT2D eigenvalue weighted by atomic mass is 9.84. The van der Waals surface area contributed by atoms with Crippen LogP contribution in [0.1, 0.15) is 28.2 Å². The summed E-state index contributed by atoms with van der Waals surface area (Å²) in [6.07, 6.45) is 6.25. The Labute approximate surface area is 135 Å². The maximum Gasteiger partial charge on any atom is 0.168 e. The molecule has 4 rings (SSSR count). The number of halogens is 1. The molecule has 1 atom stereocenters. The van der Waals surface area contributed by atoms with Crippen LogP contribution in [0.2, 0.25) is 0 Å². The Hall–Kier alpha value is -2.07. The van der Waals surface area contributed by atoms with Gasteiger partial charge in [0.15, 0.2) is 5.78 Å². The van der Waals surface area contributed by atoms with E-state index in [9.17, 15) is 4.79 Å². The molecule has 1 N–H and O–H groups in total. The molecule has 1 aliphatic carbocycles. The van der Waals surface area contributed by atoms with E-state index in [4.69, 9.17) is 0 Å². The van der Waals surface area contributed by atoms with Crippen LogP contribution in [0.5, 0.6) is 0 Å². The first kappa shape index (κ1) is 14.9. The van der Waals surface area contributed by atoms with E-state index in [0.29, 0.717) is 0 Å². The number of carbonyl (C=O) groups excluding carboxylic acids is 1. The van der Waals surface area contributed by atoms with Gasteiger partial charge in [0.1, 0.15) is 0 Å². The summed E-state index contributed by atoms with van der Waals surface area (Å²) in [5.41, 5.74) is 4.21. The molecule has 2 heterocycles. The van der Waals surface area contributed by atoms with E-state index in [1.807, 2.05) is 36.0 Å². The Balaban J connectivity index is 0.00000144. The smallest absolute Gasteiger partial charge is 0.168 e. The number of benzene rings is 1. The van der Waals surface area contributed by atoms with Crippen LogP contribution in [0, 0.1) is 5.92 Å². The predicted octanol–water partition coefficient (Wildman–Crippen LogP) is 3.31. The first-order chi connectivity index (χ1) is 10.2. The van der Waals surface area contributed by atoms with Crippen molar-refractivity contribution in [1.29, 1.82) is 0 Å². The summed E-state index contributed by atoms with van der Waals surface area (Å²) in [6.45, 7) is 0. The lowest BCUT2D eigenvalue weighted by molar-refractivity contribution is 0.0909. The number of aromatic amines is 1. The van der Waals surface area contributed by atoms with Crippen molar-refractivity contribution in [3.63, 3.8) is 0 Å². The summed E-state index contributed by atoms with van der Waals surface area (Å²) in [7, 11) is 1.99. The second-order valence-corrected chi connectivity index (χ2v) is 5.80. The zero-order chi connectivity index (χ0) is 14.4. The second-order valence-electron chi connectivity index (χ2n) is 5.80. The molecule has 0 unspecified atom stereocenters. The third-order valence-electron chi connectivity index (χ3n) is 4.52. The zero-order valence-electron chi connectivity index (χ0n) is 12.4. The SMILES string of the molecule is Cl.Cn1cc(C(=O)[C@@H]2CCc3nc[nH]c3C2)c2ccccc21. The number of H-pyrrole nitrogens is 1. The standard InChI is InChI=1S/C17H17N3O.ClH/c1-20-9-13(12-4-2-3-5-16(12)20)17(21)11-6-7-14-15(8-11)19-10-18-14;/h2-5,9-11H,6-8H2,1H3,(H,18,19);1H/t11-;/m1./s1. The molecule has 0 saturated carbocycles. The number of Topliss-reactive ketones (excluding diaryl/α,β-unsaturated/α-hetero) is 1. The van der Waals surface area contributed by atoms with Gasteiger partial charge in [-0.2, -0.15) is 0 Å². The van der Waals surface area contributed by atoms with Crippen LogP contribution in [0.25, 0.3) is 10.9 Å². The molecule has 0 amide bonds. The van der Waals surface area contributed by atoms with Gasteiger partial charge in [0, 0.05) is 41.3 Å². The van der Waals surface area contributed by atoms with Gasteiger partial charge < -0.3 is 9.55 Å². The summed E-state index contributed by atoms with van der Waals surface area (Å²) in [5, 5.41) is 1.06. The molecule has 4 nitrogen and oxygen atoms in total. The highest BCUT2D eigenvalue weighted by Gasteiger charge is 2.28. The van der Waals surface area contributed by atoms with E-state index in [1.165, 1.54) is 0 Å². The number of hydrogen-bond acceptors (Lipinski definition) is 2. The molecule has 0 radical (unpaired) electrons. The molecule has 0 bridgehead atoms. The van der Waals surface area contributed by atoms with Crippen LogP contribution in [-0.2, 0) is 19.9 Å². The van der Waals surface area contributed by atoms with Gasteiger partial charge in [-0.05, 0) is 25.3 Å². The van der Waals surface area contributed by atoms with Crippen molar-refractivity contribution < 1.29 is 4.79 Å². The maximum atomic E-state index is 12.9. The van der Waals surface area contributed by atoms with Crippen LogP contribution in [-0.4, -0.2) is 20.3 Å². The molecule has 1 aliphatic rings. The third kappa shape index (κ3) is 2.24. The first-order valence-electron chi connectivity index (χ1n) is 7.33. The lowest BCUT2D eigenvalue weighted by Crippen LogP contribution is -2.22. The van der Waals surface area contributed by atoms with Gasteiger partial charge in [-0.25, -0.2) is 4.98 Å². The molecular formula is C17H18ClN3O. The van der Waals surface area contributed by atoms with Crippen LogP contribution in [0.4, 0.5) is 0 Å². The number of ketones is 1. The van der Waals surface area contributed by atoms with Gasteiger partial charge in [0.05, 0.1) is 12.0 Å². The van der Waals surface area contributed by atoms with E-state index < -0.39 is 0 Å². The molecule has 5 heteroatoms. The van der Waals surface area contributed by atoms with Gasteiger partial charge in [-0.15, -0.1) is 12.4 Å². The largest absolute Gasteiger partial charge is 0.350 e. The highest BCUT2D eigenvalue weighted by molar-refractivity contribution is 6.09. The minimum Gasteiger partial charge on any atom is -0.350 e. The Morgan fingerprint density at radius 3 is 3.05 bits per heavy atom. The number of imidazole rings is 1. The number of aryl methyl sites for hydroxylation is 2. The summed E-state index contributed by atoms with van der Waals surface area (Å²) < 4.78 is 2.03. The van der Waals surface area contributed by atoms with E-state index in [1.54, 1.807) is 6.33 Å². The van der Waals surface area contributed by atoms with Crippen molar-refractivity contribution in [2.45, 2.75) is 19.3 Å². The summed E-state index contributed by atoms with van der Waals surface area (Å²) in [4.78, 5) is 20.4. The van der Waals surface area contributed by atoms with Crippen molar-refractivity contribution in [3.8, 4) is 0 Å².